The largest absolute Gasteiger partial charge is 0.418 e. The molecule has 29 heavy (non-hydrogen) atoms. The van der Waals surface area contributed by atoms with Crippen LogP contribution >= 0.6 is 0 Å². The van der Waals surface area contributed by atoms with Gasteiger partial charge in [0, 0.05) is 25.4 Å². The summed E-state index contributed by atoms with van der Waals surface area (Å²) in [6.45, 7) is 3.09. The number of alkyl halides is 3. The van der Waals surface area contributed by atoms with E-state index in [1.807, 2.05) is 0 Å². The van der Waals surface area contributed by atoms with Crippen LogP contribution in [0.4, 0.5) is 18.9 Å². The van der Waals surface area contributed by atoms with Crippen molar-refractivity contribution in [3.63, 3.8) is 0 Å². The van der Waals surface area contributed by atoms with Crippen LogP contribution in [0.15, 0.2) is 52.3 Å². The lowest BCUT2D eigenvalue weighted by atomic mass is 10.1. The summed E-state index contributed by atoms with van der Waals surface area (Å²) in [5.41, 5.74) is -2.15. The van der Waals surface area contributed by atoms with Crippen molar-refractivity contribution in [1.29, 1.82) is 0 Å². The van der Waals surface area contributed by atoms with Gasteiger partial charge < -0.3 is 9.88 Å². The van der Waals surface area contributed by atoms with Crippen LogP contribution in [0.1, 0.15) is 19.4 Å². The Balaban J connectivity index is 2.30. The molecule has 1 amide bonds. The Bertz CT molecular complexity index is 1040. The van der Waals surface area contributed by atoms with E-state index in [9.17, 15) is 31.2 Å². The fourth-order valence-electron chi connectivity index (χ4n) is 2.68. The number of benzene rings is 1. The molecule has 11 heteroatoms. The lowest BCUT2D eigenvalue weighted by Gasteiger charge is -2.19. The van der Waals surface area contributed by atoms with Gasteiger partial charge in [0.15, 0.2) is 0 Å². The molecule has 0 atom stereocenters. The average molecular weight is 431 g/mol. The van der Waals surface area contributed by atoms with Crippen LogP contribution in [0.2, 0.25) is 0 Å². The highest BCUT2D eigenvalue weighted by atomic mass is 32.2. The van der Waals surface area contributed by atoms with E-state index in [1.165, 1.54) is 16.4 Å². The second kappa shape index (κ2) is 8.78. The Kier molecular flexibility index (Phi) is 6.85. The zero-order chi connectivity index (χ0) is 21.8. The maximum Gasteiger partial charge on any atom is 0.418 e. The van der Waals surface area contributed by atoms with Crippen molar-refractivity contribution in [1.82, 2.24) is 8.87 Å². The SMILES string of the molecule is CCN(CC)S(=O)(=O)c1ccc(=O)n(CC(=O)Nc2ccccc2C(F)(F)F)c1. The number of aromatic nitrogens is 1. The van der Waals surface area contributed by atoms with Gasteiger partial charge in [0.2, 0.25) is 15.9 Å². The number of hydrogen-bond acceptors (Lipinski definition) is 4. The maximum absolute atomic E-state index is 13.0. The third kappa shape index (κ3) is 5.24. The van der Waals surface area contributed by atoms with Crippen LogP contribution in [-0.2, 0) is 27.5 Å². The molecule has 1 heterocycles. The van der Waals surface area contributed by atoms with E-state index >= 15 is 0 Å². The van der Waals surface area contributed by atoms with Gasteiger partial charge in [0.1, 0.15) is 6.54 Å². The smallest absolute Gasteiger partial charge is 0.324 e. The zero-order valence-electron chi connectivity index (χ0n) is 15.7. The van der Waals surface area contributed by atoms with Crippen molar-refractivity contribution < 1.29 is 26.4 Å². The molecule has 1 aromatic carbocycles. The van der Waals surface area contributed by atoms with Gasteiger partial charge >= 0.3 is 6.18 Å². The molecule has 0 unspecified atom stereocenters. The van der Waals surface area contributed by atoms with Crippen LogP contribution in [0.25, 0.3) is 0 Å². The molecule has 158 valence electrons. The van der Waals surface area contributed by atoms with E-state index in [4.69, 9.17) is 0 Å². The number of halogens is 3. The van der Waals surface area contributed by atoms with Gasteiger partial charge in [-0.15, -0.1) is 0 Å². The summed E-state index contributed by atoms with van der Waals surface area (Å²) in [5.74, 6) is -0.902. The zero-order valence-corrected chi connectivity index (χ0v) is 16.5. The first kappa shape index (κ1) is 22.6. The molecule has 0 aliphatic rings. The Morgan fingerprint density at radius 1 is 1.10 bits per heavy atom. The monoisotopic (exact) mass is 431 g/mol. The van der Waals surface area contributed by atoms with Crippen LogP contribution in [0.3, 0.4) is 0 Å². The molecule has 0 fully saturated rings. The summed E-state index contributed by atoms with van der Waals surface area (Å²) in [6.07, 6.45) is -3.66. The highest BCUT2D eigenvalue weighted by Crippen LogP contribution is 2.34. The molecule has 0 bridgehead atoms. The normalized spacial score (nSPS) is 12.2. The topological polar surface area (TPSA) is 88.5 Å². The first-order valence-corrected chi connectivity index (χ1v) is 10.1. The molecule has 2 aromatic rings. The fourth-order valence-corrected chi connectivity index (χ4v) is 4.16. The van der Waals surface area contributed by atoms with Crippen molar-refractivity contribution in [2.75, 3.05) is 18.4 Å². The molecule has 0 spiro atoms. The number of sulfonamides is 1. The standard InChI is InChI=1S/C18H20F3N3O4S/c1-3-24(4-2)29(27,28)13-9-10-17(26)23(11-13)12-16(25)22-15-8-6-5-7-14(15)18(19,20)21/h5-11H,3-4,12H2,1-2H3,(H,22,25). The molecule has 0 saturated carbocycles. The molecule has 2 rings (SSSR count). The van der Waals surface area contributed by atoms with E-state index in [1.54, 1.807) is 13.8 Å². The number of amides is 1. The van der Waals surface area contributed by atoms with Gasteiger partial charge in [-0.1, -0.05) is 26.0 Å². The number of nitrogens with zero attached hydrogens (tertiary/aromatic N) is 2. The fraction of sp³-hybridized carbons (Fsp3) is 0.333. The van der Waals surface area contributed by atoms with Gasteiger partial charge in [0.05, 0.1) is 16.1 Å². The summed E-state index contributed by atoms with van der Waals surface area (Å²) in [5, 5.41) is 2.12. The Labute approximate surface area is 165 Å². The first-order chi connectivity index (χ1) is 13.5. The number of para-hydroxylation sites is 1. The number of carbonyl (C=O) groups is 1. The van der Waals surface area contributed by atoms with E-state index in [0.717, 1.165) is 35.0 Å². The van der Waals surface area contributed by atoms with Gasteiger partial charge in [-0.2, -0.15) is 17.5 Å². The summed E-state index contributed by atoms with van der Waals surface area (Å²) in [4.78, 5) is 24.0. The van der Waals surface area contributed by atoms with E-state index < -0.39 is 45.5 Å². The minimum atomic E-state index is -4.67. The quantitative estimate of drug-likeness (QED) is 0.730. The van der Waals surface area contributed by atoms with Crippen molar-refractivity contribution in [3.8, 4) is 0 Å². The lowest BCUT2D eigenvalue weighted by Crippen LogP contribution is -2.33. The van der Waals surface area contributed by atoms with Gasteiger partial charge in [-0.25, -0.2) is 8.42 Å². The molecule has 1 aromatic heterocycles. The Morgan fingerprint density at radius 3 is 2.31 bits per heavy atom. The number of hydrogen-bond donors (Lipinski definition) is 1. The molecular formula is C18H20F3N3O4S. The van der Waals surface area contributed by atoms with Crippen molar-refractivity contribution in [3.05, 3.63) is 58.5 Å². The molecule has 7 nitrogen and oxygen atoms in total. The van der Waals surface area contributed by atoms with Gasteiger partial charge in [-0.3, -0.25) is 9.59 Å². The number of anilines is 1. The van der Waals surface area contributed by atoms with Crippen LogP contribution in [0.5, 0.6) is 0 Å². The number of nitrogens with one attached hydrogen (secondary N) is 1. The van der Waals surface area contributed by atoms with Gasteiger partial charge in [-0.05, 0) is 18.2 Å². The number of rotatable bonds is 7. The number of pyridine rings is 1. The minimum Gasteiger partial charge on any atom is -0.324 e. The second-order valence-corrected chi connectivity index (χ2v) is 7.95. The maximum atomic E-state index is 13.0. The van der Waals surface area contributed by atoms with E-state index in [-0.39, 0.29) is 18.0 Å². The molecular weight excluding hydrogens is 411 g/mol. The highest BCUT2D eigenvalue weighted by molar-refractivity contribution is 7.89. The van der Waals surface area contributed by atoms with Crippen LogP contribution in [0, 0.1) is 0 Å². The highest BCUT2D eigenvalue weighted by Gasteiger charge is 2.33. The second-order valence-electron chi connectivity index (χ2n) is 6.01. The molecule has 0 aliphatic carbocycles. The first-order valence-electron chi connectivity index (χ1n) is 8.67. The molecule has 1 N–H and O–H groups in total. The molecule has 0 aliphatic heterocycles. The summed E-state index contributed by atoms with van der Waals surface area (Å²) in [6, 6.07) is 6.54. The Morgan fingerprint density at radius 2 is 1.72 bits per heavy atom. The van der Waals surface area contributed by atoms with Crippen molar-refractivity contribution in [2.24, 2.45) is 0 Å². The summed E-state index contributed by atoms with van der Waals surface area (Å²) in [7, 11) is -3.87. The van der Waals surface area contributed by atoms with Crippen molar-refractivity contribution >= 4 is 21.6 Å². The van der Waals surface area contributed by atoms with Crippen LogP contribution in [-0.4, -0.2) is 36.3 Å². The predicted molar refractivity (Wildman–Crippen MR) is 101 cm³/mol. The van der Waals surface area contributed by atoms with Crippen LogP contribution < -0.4 is 10.9 Å². The van der Waals surface area contributed by atoms with E-state index in [2.05, 4.69) is 5.32 Å². The van der Waals surface area contributed by atoms with E-state index in [0.29, 0.717) is 0 Å². The molecule has 0 radical (unpaired) electrons. The minimum absolute atomic E-state index is 0.190. The third-order valence-corrected chi connectivity index (χ3v) is 6.15. The summed E-state index contributed by atoms with van der Waals surface area (Å²) >= 11 is 0. The Hall–Kier alpha value is -2.66. The third-order valence-electron chi connectivity index (χ3n) is 4.12. The molecule has 0 saturated heterocycles. The van der Waals surface area contributed by atoms with Crippen molar-refractivity contribution in [2.45, 2.75) is 31.5 Å². The predicted octanol–water partition coefficient (Wildman–Crippen LogP) is 2.54. The number of carbonyl (C=O) groups excluding carboxylic acids is 1. The lowest BCUT2D eigenvalue weighted by molar-refractivity contribution is -0.137. The van der Waals surface area contributed by atoms with Gasteiger partial charge in [0.25, 0.3) is 5.56 Å². The average Bonchev–Trinajstić information content (AvgIpc) is 2.63. The summed E-state index contributed by atoms with van der Waals surface area (Å²) < 4.78 is 66.3.